The van der Waals surface area contributed by atoms with E-state index in [1.54, 1.807) is 28.4 Å². The molecule has 34 heavy (non-hydrogen) atoms. The molecule has 1 heterocycles. The van der Waals surface area contributed by atoms with E-state index in [0.717, 1.165) is 49.2 Å². The maximum Gasteiger partial charge on any atom is 0.203 e. The smallest absolute Gasteiger partial charge is 0.203 e. The summed E-state index contributed by atoms with van der Waals surface area (Å²) in [5, 5.41) is 1.76. The van der Waals surface area contributed by atoms with Crippen molar-refractivity contribution in [1.82, 2.24) is 4.90 Å². The van der Waals surface area contributed by atoms with Gasteiger partial charge in [0, 0.05) is 55.8 Å². The zero-order chi connectivity index (χ0) is 24.1. The van der Waals surface area contributed by atoms with E-state index in [2.05, 4.69) is 21.9 Å². The average Bonchev–Trinajstić information content (AvgIpc) is 2.90. The van der Waals surface area contributed by atoms with Crippen LogP contribution in [-0.4, -0.2) is 71.8 Å². The van der Waals surface area contributed by atoms with E-state index in [9.17, 15) is 4.79 Å². The zero-order valence-corrected chi connectivity index (χ0v) is 20.3. The van der Waals surface area contributed by atoms with E-state index < -0.39 is 0 Å². The first-order valence-corrected chi connectivity index (χ1v) is 11.4. The fraction of sp³-hybridized carbons (Fsp3) is 0.370. The monoisotopic (exact) mass is 464 g/mol. The van der Waals surface area contributed by atoms with E-state index in [1.807, 2.05) is 36.4 Å². The van der Waals surface area contributed by atoms with Gasteiger partial charge in [-0.3, -0.25) is 9.69 Å². The predicted octanol–water partition coefficient (Wildman–Crippen LogP) is 4.27. The van der Waals surface area contributed by atoms with Crippen LogP contribution < -0.4 is 23.8 Å². The first kappa shape index (κ1) is 23.7. The van der Waals surface area contributed by atoms with Gasteiger partial charge in [-0.2, -0.15) is 0 Å². The molecule has 7 heteroatoms. The molecule has 0 aromatic heterocycles. The zero-order valence-electron chi connectivity index (χ0n) is 20.3. The number of piperazine rings is 1. The number of anilines is 1. The summed E-state index contributed by atoms with van der Waals surface area (Å²) in [6.07, 6.45) is 0.485. The van der Waals surface area contributed by atoms with Gasteiger partial charge in [0.05, 0.1) is 28.4 Å². The predicted molar refractivity (Wildman–Crippen MR) is 134 cm³/mol. The number of rotatable bonds is 9. The fourth-order valence-corrected chi connectivity index (χ4v) is 4.48. The molecule has 1 aliphatic rings. The van der Waals surface area contributed by atoms with Crippen molar-refractivity contribution >= 4 is 22.2 Å². The number of benzene rings is 3. The highest BCUT2D eigenvalue weighted by Crippen LogP contribution is 2.43. The largest absolute Gasteiger partial charge is 0.497 e. The SMILES string of the molecule is COc1ccc(N2CCN(CCC(=O)c3ccc4c(OC)c(OC)c(OC)cc4c3)CC2)cc1. The second-order valence-electron chi connectivity index (χ2n) is 8.28. The molecule has 0 N–H and O–H groups in total. The first-order chi connectivity index (χ1) is 16.6. The summed E-state index contributed by atoms with van der Waals surface area (Å²) >= 11 is 0. The van der Waals surface area contributed by atoms with Crippen molar-refractivity contribution in [3.05, 3.63) is 54.1 Å². The summed E-state index contributed by atoms with van der Waals surface area (Å²) in [6.45, 7) is 4.51. The molecule has 0 saturated carbocycles. The van der Waals surface area contributed by atoms with Gasteiger partial charge in [0.25, 0.3) is 0 Å². The second kappa shape index (κ2) is 10.7. The number of hydrogen-bond donors (Lipinski definition) is 0. The number of nitrogens with zero attached hydrogens (tertiary/aromatic N) is 2. The number of methoxy groups -OCH3 is 4. The van der Waals surface area contributed by atoms with Crippen molar-refractivity contribution < 1.29 is 23.7 Å². The highest BCUT2D eigenvalue weighted by Gasteiger charge is 2.20. The van der Waals surface area contributed by atoms with Crippen molar-refractivity contribution in [2.24, 2.45) is 0 Å². The van der Waals surface area contributed by atoms with Crippen LogP contribution in [0, 0.1) is 0 Å². The van der Waals surface area contributed by atoms with Gasteiger partial charge >= 0.3 is 0 Å². The molecule has 0 unspecified atom stereocenters. The lowest BCUT2D eigenvalue weighted by Gasteiger charge is -2.36. The van der Waals surface area contributed by atoms with Crippen LogP contribution in [0.1, 0.15) is 16.8 Å². The Labute approximate surface area is 200 Å². The molecule has 3 aromatic rings. The molecule has 0 radical (unpaired) electrons. The number of ether oxygens (including phenoxy) is 4. The van der Waals surface area contributed by atoms with Crippen LogP contribution in [-0.2, 0) is 0 Å². The van der Waals surface area contributed by atoms with Gasteiger partial charge in [0.2, 0.25) is 5.75 Å². The lowest BCUT2D eigenvalue weighted by atomic mass is 10.0. The quantitative estimate of drug-likeness (QED) is 0.438. The third kappa shape index (κ3) is 4.89. The summed E-state index contributed by atoms with van der Waals surface area (Å²) in [5.41, 5.74) is 1.90. The van der Waals surface area contributed by atoms with Gasteiger partial charge in [0.1, 0.15) is 5.75 Å². The molecular weight excluding hydrogens is 432 g/mol. The molecule has 0 spiro atoms. The first-order valence-electron chi connectivity index (χ1n) is 11.4. The highest BCUT2D eigenvalue weighted by molar-refractivity contribution is 6.02. The molecule has 0 aliphatic carbocycles. The fourth-order valence-electron chi connectivity index (χ4n) is 4.48. The maximum absolute atomic E-state index is 13.0. The van der Waals surface area contributed by atoms with Crippen molar-refractivity contribution in [2.45, 2.75) is 6.42 Å². The minimum Gasteiger partial charge on any atom is -0.497 e. The summed E-state index contributed by atoms with van der Waals surface area (Å²) in [4.78, 5) is 17.7. The summed E-state index contributed by atoms with van der Waals surface area (Å²) in [5.74, 6) is 2.72. The minimum atomic E-state index is 0.133. The number of carbonyl (C=O) groups is 1. The van der Waals surface area contributed by atoms with Crippen LogP contribution in [0.4, 0.5) is 5.69 Å². The molecule has 1 saturated heterocycles. The molecule has 0 amide bonds. The molecular formula is C27H32N2O5. The minimum absolute atomic E-state index is 0.133. The molecule has 3 aromatic carbocycles. The Morgan fingerprint density at radius 1 is 0.794 bits per heavy atom. The summed E-state index contributed by atoms with van der Waals surface area (Å²) < 4.78 is 21.7. The van der Waals surface area contributed by atoms with Crippen molar-refractivity contribution in [2.75, 3.05) is 66.1 Å². The number of ketones is 1. The molecule has 4 rings (SSSR count). The third-order valence-corrected chi connectivity index (χ3v) is 6.43. The molecule has 0 atom stereocenters. The Balaban J connectivity index is 1.38. The maximum atomic E-state index is 13.0. The van der Waals surface area contributed by atoms with Gasteiger partial charge in [-0.25, -0.2) is 0 Å². The highest BCUT2D eigenvalue weighted by atomic mass is 16.5. The normalized spacial score (nSPS) is 14.2. The van der Waals surface area contributed by atoms with Gasteiger partial charge in [-0.05, 0) is 47.9 Å². The van der Waals surface area contributed by atoms with Crippen LogP contribution >= 0.6 is 0 Å². The lowest BCUT2D eigenvalue weighted by Crippen LogP contribution is -2.46. The number of hydrogen-bond acceptors (Lipinski definition) is 7. The third-order valence-electron chi connectivity index (χ3n) is 6.43. The van der Waals surface area contributed by atoms with Crippen LogP contribution in [0.25, 0.3) is 10.8 Å². The lowest BCUT2D eigenvalue weighted by molar-refractivity contribution is 0.0962. The van der Waals surface area contributed by atoms with Gasteiger partial charge in [0.15, 0.2) is 17.3 Å². The molecule has 1 aliphatic heterocycles. The Bertz CT molecular complexity index is 1140. The second-order valence-corrected chi connectivity index (χ2v) is 8.28. The molecule has 180 valence electrons. The van der Waals surface area contributed by atoms with Crippen LogP contribution in [0.2, 0.25) is 0 Å². The van der Waals surface area contributed by atoms with Crippen molar-refractivity contribution in [3.8, 4) is 23.0 Å². The Morgan fingerprint density at radius 3 is 2.12 bits per heavy atom. The van der Waals surface area contributed by atoms with E-state index >= 15 is 0 Å². The van der Waals surface area contributed by atoms with E-state index in [-0.39, 0.29) is 5.78 Å². The van der Waals surface area contributed by atoms with E-state index in [0.29, 0.717) is 29.2 Å². The molecule has 1 fully saturated rings. The van der Waals surface area contributed by atoms with Crippen LogP contribution in [0.5, 0.6) is 23.0 Å². The number of carbonyl (C=O) groups excluding carboxylic acids is 1. The van der Waals surface area contributed by atoms with Gasteiger partial charge in [-0.15, -0.1) is 0 Å². The van der Waals surface area contributed by atoms with Gasteiger partial charge in [-0.1, -0.05) is 6.07 Å². The summed E-state index contributed by atoms with van der Waals surface area (Å²) in [6, 6.07) is 15.7. The van der Waals surface area contributed by atoms with Crippen LogP contribution in [0.15, 0.2) is 48.5 Å². The van der Waals surface area contributed by atoms with E-state index in [4.69, 9.17) is 18.9 Å². The van der Waals surface area contributed by atoms with E-state index in [1.165, 1.54) is 5.69 Å². The average molecular weight is 465 g/mol. The molecule has 0 bridgehead atoms. The van der Waals surface area contributed by atoms with Crippen molar-refractivity contribution in [3.63, 3.8) is 0 Å². The topological polar surface area (TPSA) is 60.5 Å². The Kier molecular flexibility index (Phi) is 7.43. The number of Topliss-reactive ketones (excluding diaryl/α,β-unsaturated/α-hetero) is 1. The van der Waals surface area contributed by atoms with Gasteiger partial charge < -0.3 is 23.8 Å². The Hall–Kier alpha value is -3.45. The van der Waals surface area contributed by atoms with Crippen molar-refractivity contribution in [1.29, 1.82) is 0 Å². The van der Waals surface area contributed by atoms with Crippen LogP contribution in [0.3, 0.4) is 0 Å². The number of fused-ring (bicyclic) bond motifs is 1. The Morgan fingerprint density at radius 2 is 1.50 bits per heavy atom. The molecule has 7 nitrogen and oxygen atoms in total. The summed E-state index contributed by atoms with van der Waals surface area (Å²) in [7, 11) is 6.45. The standard InChI is InChI=1S/C27H32N2O5/c1-31-22-8-6-21(7-9-22)29-15-13-28(14-16-29)12-11-24(30)19-5-10-23-20(17-19)18-25(32-2)27(34-4)26(23)33-3/h5-10,17-18H,11-16H2,1-4H3.